The van der Waals surface area contributed by atoms with Gasteiger partial charge >= 0.3 is 0 Å². The molecule has 0 unspecified atom stereocenters. The van der Waals surface area contributed by atoms with Gasteiger partial charge in [-0.25, -0.2) is 0 Å². The Bertz CT molecular complexity index is 524. The number of benzene rings is 1. The lowest BCUT2D eigenvalue weighted by Crippen LogP contribution is -2.68. The Balaban J connectivity index is 2.13. The van der Waals surface area contributed by atoms with Crippen LogP contribution in [0.25, 0.3) is 0 Å². The number of amides is 1. The summed E-state index contributed by atoms with van der Waals surface area (Å²) >= 11 is 0. The summed E-state index contributed by atoms with van der Waals surface area (Å²) in [5, 5.41) is 0. The van der Waals surface area contributed by atoms with Gasteiger partial charge in [0.05, 0.1) is 5.60 Å². The van der Waals surface area contributed by atoms with Crippen LogP contribution in [0, 0.1) is 5.41 Å². The molecule has 1 aromatic rings. The van der Waals surface area contributed by atoms with Gasteiger partial charge in [0.15, 0.2) is 0 Å². The summed E-state index contributed by atoms with van der Waals surface area (Å²) in [6.45, 7) is 6.92. The van der Waals surface area contributed by atoms with Gasteiger partial charge in [-0.1, -0.05) is 26.0 Å². The zero-order chi connectivity index (χ0) is 15.8. The highest BCUT2D eigenvalue weighted by Gasteiger charge is 2.59. The number of nitrogens with zero attached hydrogens (tertiary/aromatic N) is 1. The maximum absolute atomic E-state index is 12.6. The normalized spacial score (nSPS) is 27.0. The molecule has 4 nitrogen and oxygen atoms in total. The van der Waals surface area contributed by atoms with E-state index in [0.717, 1.165) is 12.0 Å². The van der Waals surface area contributed by atoms with Crippen LogP contribution in [0.1, 0.15) is 43.1 Å². The summed E-state index contributed by atoms with van der Waals surface area (Å²) in [4.78, 5) is 14.5. The molecule has 1 aromatic carbocycles. The summed E-state index contributed by atoms with van der Waals surface area (Å²) in [5.74, 6) is 0.0507. The first-order chi connectivity index (χ1) is 9.76. The van der Waals surface area contributed by atoms with E-state index >= 15 is 0 Å². The van der Waals surface area contributed by atoms with E-state index in [1.54, 1.807) is 7.11 Å². The zero-order valence-electron chi connectivity index (χ0n) is 13.6. The van der Waals surface area contributed by atoms with Gasteiger partial charge in [0.25, 0.3) is 5.91 Å². The van der Waals surface area contributed by atoms with Gasteiger partial charge in [-0.3, -0.25) is 4.79 Å². The number of nitrogens with two attached hydrogens (primary N) is 1. The molecule has 21 heavy (non-hydrogen) atoms. The summed E-state index contributed by atoms with van der Waals surface area (Å²) in [6, 6.07) is 7.70. The fraction of sp³-hybridized carbons (Fsp3) is 0.588. The van der Waals surface area contributed by atoms with Crippen molar-refractivity contribution in [1.29, 1.82) is 0 Å². The minimum atomic E-state index is -0.171. The van der Waals surface area contributed by atoms with Crippen LogP contribution in [0.2, 0.25) is 0 Å². The predicted molar refractivity (Wildman–Crippen MR) is 84.0 cm³/mol. The van der Waals surface area contributed by atoms with Gasteiger partial charge in [-0.2, -0.15) is 0 Å². The minimum absolute atomic E-state index is 0.0507. The van der Waals surface area contributed by atoms with Crippen LogP contribution in [-0.2, 0) is 11.3 Å². The number of rotatable bonds is 4. The highest BCUT2D eigenvalue weighted by molar-refractivity contribution is 5.94. The van der Waals surface area contributed by atoms with Gasteiger partial charge in [0.1, 0.15) is 0 Å². The average Bonchev–Trinajstić information content (AvgIpc) is 2.50. The van der Waals surface area contributed by atoms with E-state index in [9.17, 15) is 4.79 Å². The fourth-order valence-corrected chi connectivity index (χ4v) is 3.20. The zero-order valence-corrected chi connectivity index (χ0v) is 13.6. The molecule has 0 aromatic heterocycles. The molecule has 0 spiro atoms. The van der Waals surface area contributed by atoms with Gasteiger partial charge in [0.2, 0.25) is 0 Å². The molecule has 1 saturated carbocycles. The van der Waals surface area contributed by atoms with Gasteiger partial charge < -0.3 is 15.4 Å². The van der Waals surface area contributed by atoms with Crippen molar-refractivity contribution in [2.75, 3.05) is 14.2 Å². The second-order valence-corrected chi connectivity index (χ2v) is 6.69. The van der Waals surface area contributed by atoms with Crippen molar-refractivity contribution in [3.63, 3.8) is 0 Å². The van der Waals surface area contributed by atoms with E-state index in [1.807, 2.05) is 36.2 Å². The SMILES string of the molecule is CO[C@]1(C)C[C@@H](N(C)C(=O)c2ccc(CN)cc2)C1(C)C. The number of methoxy groups -OCH3 is 1. The molecule has 0 radical (unpaired) electrons. The summed E-state index contributed by atoms with van der Waals surface area (Å²) in [7, 11) is 3.62. The third kappa shape index (κ3) is 2.47. The highest BCUT2D eigenvalue weighted by Crippen LogP contribution is 2.53. The van der Waals surface area contributed by atoms with Crippen LogP contribution in [-0.4, -0.2) is 36.6 Å². The third-order valence-electron chi connectivity index (χ3n) is 5.45. The summed E-state index contributed by atoms with van der Waals surface area (Å²) in [6.07, 6.45) is 0.861. The summed E-state index contributed by atoms with van der Waals surface area (Å²) in [5.41, 5.74) is 7.09. The first kappa shape index (κ1) is 16.0. The second-order valence-electron chi connectivity index (χ2n) is 6.69. The molecule has 0 aliphatic heterocycles. The Hall–Kier alpha value is -1.39. The van der Waals surface area contributed by atoms with E-state index < -0.39 is 0 Å². The minimum Gasteiger partial charge on any atom is -0.378 e. The van der Waals surface area contributed by atoms with E-state index in [-0.39, 0.29) is 23.0 Å². The number of carbonyl (C=O) groups is 1. The number of hydrogen-bond donors (Lipinski definition) is 1. The van der Waals surface area contributed by atoms with Crippen molar-refractivity contribution in [3.8, 4) is 0 Å². The van der Waals surface area contributed by atoms with Crippen molar-refractivity contribution in [2.24, 2.45) is 11.1 Å². The van der Waals surface area contributed by atoms with Crippen LogP contribution < -0.4 is 5.73 Å². The van der Waals surface area contributed by atoms with E-state index in [2.05, 4.69) is 20.8 Å². The molecule has 0 heterocycles. The molecule has 116 valence electrons. The lowest BCUT2D eigenvalue weighted by Gasteiger charge is -2.61. The van der Waals surface area contributed by atoms with E-state index in [0.29, 0.717) is 12.1 Å². The van der Waals surface area contributed by atoms with Gasteiger partial charge in [-0.15, -0.1) is 0 Å². The Morgan fingerprint density at radius 2 is 1.90 bits per heavy atom. The molecule has 4 heteroatoms. The molecule has 0 bridgehead atoms. The molecule has 1 aliphatic carbocycles. The van der Waals surface area contributed by atoms with Gasteiger partial charge in [-0.05, 0) is 31.0 Å². The first-order valence-corrected chi connectivity index (χ1v) is 7.38. The number of ether oxygens (including phenoxy) is 1. The summed E-state index contributed by atoms with van der Waals surface area (Å²) < 4.78 is 5.63. The molecular weight excluding hydrogens is 264 g/mol. The lowest BCUT2D eigenvalue weighted by atomic mass is 9.55. The monoisotopic (exact) mass is 290 g/mol. The molecule has 1 aliphatic rings. The Morgan fingerprint density at radius 3 is 2.33 bits per heavy atom. The largest absolute Gasteiger partial charge is 0.378 e. The van der Waals surface area contributed by atoms with Crippen molar-refractivity contribution in [1.82, 2.24) is 4.90 Å². The third-order valence-corrected chi connectivity index (χ3v) is 5.45. The molecule has 0 saturated heterocycles. The Morgan fingerprint density at radius 1 is 1.33 bits per heavy atom. The van der Waals surface area contributed by atoms with Gasteiger partial charge in [0, 0.05) is 37.7 Å². The second kappa shape index (κ2) is 5.43. The number of carbonyl (C=O) groups excluding carboxylic acids is 1. The van der Waals surface area contributed by atoms with Crippen molar-refractivity contribution >= 4 is 5.91 Å². The Kier molecular flexibility index (Phi) is 4.13. The maximum Gasteiger partial charge on any atom is 0.253 e. The smallest absolute Gasteiger partial charge is 0.253 e. The molecule has 2 rings (SSSR count). The molecule has 2 N–H and O–H groups in total. The number of hydrogen-bond acceptors (Lipinski definition) is 3. The molecular formula is C17H26N2O2. The lowest BCUT2D eigenvalue weighted by molar-refractivity contribution is -0.198. The Labute approximate surface area is 127 Å². The topological polar surface area (TPSA) is 55.6 Å². The van der Waals surface area contributed by atoms with Crippen molar-refractivity contribution < 1.29 is 9.53 Å². The van der Waals surface area contributed by atoms with Crippen LogP contribution in [0.3, 0.4) is 0 Å². The van der Waals surface area contributed by atoms with Crippen LogP contribution in [0.5, 0.6) is 0 Å². The fourth-order valence-electron chi connectivity index (χ4n) is 3.20. The van der Waals surface area contributed by atoms with Crippen molar-refractivity contribution in [2.45, 2.75) is 45.4 Å². The quantitative estimate of drug-likeness (QED) is 0.926. The molecule has 1 fully saturated rings. The first-order valence-electron chi connectivity index (χ1n) is 7.38. The van der Waals surface area contributed by atoms with Crippen LogP contribution in [0.15, 0.2) is 24.3 Å². The molecule has 1 amide bonds. The molecule has 2 atom stereocenters. The van der Waals surface area contributed by atoms with E-state index in [4.69, 9.17) is 10.5 Å². The average molecular weight is 290 g/mol. The van der Waals surface area contributed by atoms with Crippen molar-refractivity contribution in [3.05, 3.63) is 35.4 Å². The van der Waals surface area contributed by atoms with Crippen LogP contribution >= 0.6 is 0 Å². The highest BCUT2D eigenvalue weighted by atomic mass is 16.5. The maximum atomic E-state index is 12.6. The predicted octanol–water partition coefficient (Wildman–Crippen LogP) is 2.42. The van der Waals surface area contributed by atoms with E-state index in [1.165, 1.54) is 0 Å². The standard InChI is InChI=1S/C17H26N2O2/c1-16(2)14(10-17(16,3)21-5)19(4)15(20)13-8-6-12(11-18)7-9-13/h6-9,14H,10-11,18H2,1-5H3/t14-,17-/m1/s1. The van der Waals surface area contributed by atoms with Crippen LogP contribution in [0.4, 0.5) is 0 Å².